The van der Waals surface area contributed by atoms with Crippen LogP contribution in [0.25, 0.3) is 0 Å². The first-order valence-electron chi connectivity index (χ1n) is 3.49. The predicted octanol–water partition coefficient (Wildman–Crippen LogP) is -0.400. The number of rotatable bonds is 1. The lowest BCUT2D eigenvalue weighted by molar-refractivity contribution is -0.133. The Morgan fingerprint density at radius 2 is 2.00 bits per heavy atom. The molecule has 0 aromatic carbocycles. The van der Waals surface area contributed by atoms with Crippen molar-refractivity contribution < 1.29 is 19.5 Å². The second-order valence-electron chi connectivity index (χ2n) is 2.50. The quantitative estimate of drug-likeness (QED) is 0.426. The molecule has 1 rings (SSSR count). The topological polar surface area (TPSA) is 83.5 Å². The van der Waals surface area contributed by atoms with Gasteiger partial charge in [0, 0.05) is 24.8 Å². The molecule has 0 saturated carbocycles. The molecule has 1 aliphatic carbocycles. The minimum Gasteiger partial charge on any atom is -0.504 e. The highest BCUT2D eigenvalue weighted by Crippen LogP contribution is 2.06. The smallest absolute Gasteiger partial charge is 0.267 e. The maximum Gasteiger partial charge on any atom is 0.267 e. The van der Waals surface area contributed by atoms with Gasteiger partial charge in [0.25, 0.3) is 5.78 Å². The van der Waals surface area contributed by atoms with E-state index in [1.54, 1.807) is 0 Å². The summed E-state index contributed by atoms with van der Waals surface area (Å²) >= 11 is 0. The van der Waals surface area contributed by atoms with Gasteiger partial charge in [-0.05, 0) is 0 Å². The molecule has 1 aliphatic rings. The van der Waals surface area contributed by atoms with Gasteiger partial charge < -0.3 is 10.4 Å². The van der Waals surface area contributed by atoms with E-state index in [2.05, 4.69) is 5.32 Å². The van der Waals surface area contributed by atoms with Gasteiger partial charge in [-0.1, -0.05) is 0 Å². The van der Waals surface area contributed by atoms with E-state index in [-0.39, 0.29) is 11.6 Å². The predicted molar refractivity (Wildman–Crippen MR) is 42.6 cm³/mol. The molecule has 0 bridgehead atoms. The average molecular weight is 181 g/mol. The van der Waals surface area contributed by atoms with Gasteiger partial charge in [0.05, 0.1) is 0 Å². The number of hydrogen-bond donors (Lipinski definition) is 2. The lowest BCUT2D eigenvalue weighted by Gasteiger charge is -2.07. The summed E-state index contributed by atoms with van der Waals surface area (Å²) in [6.45, 7) is 1.26. The maximum atomic E-state index is 10.8. The number of allylic oxidation sites excluding steroid dienone is 3. The summed E-state index contributed by atoms with van der Waals surface area (Å²) in [5, 5.41) is 11.2. The first kappa shape index (κ1) is 9.18. The van der Waals surface area contributed by atoms with Crippen molar-refractivity contribution in [1.29, 1.82) is 0 Å². The monoisotopic (exact) mass is 181 g/mol. The van der Waals surface area contributed by atoms with Crippen LogP contribution in [-0.2, 0) is 14.4 Å². The van der Waals surface area contributed by atoms with Gasteiger partial charge >= 0.3 is 0 Å². The number of nitrogens with one attached hydrogen (secondary N) is 1. The highest BCUT2D eigenvalue weighted by Gasteiger charge is 2.21. The Hall–Kier alpha value is -1.91. The van der Waals surface area contributed by atoms with Crippen LogP contribution in [0.1, 0.15) is 6.92 Å². The molecule has 0 fully saturated rings. The maximum absolute atomic E-state index is 10.8. The van der Waals surface area contributed by atoms with E-state index in [0.717, 1.165) is 12.2 Å². The fourth-order valence-electron chi connectivity index (χ4n) is 0.863. The van der Waals surface area contributed by atoms with Crippen LogP contribution in [0.15, 0.2) is 23.6 Å². The van der Waals surface area contributed by atoms with E-state index < -0.39 is 17.3 Å². The number of hydrogen-bond acceptors (Lipinski definition) is 4. The van der Waals surface area contributed by atoms with Gasteiger partial charge in [0.2, 0.25) is 11.7 Å². The minimum atomic E-state index is -0.964. The van der Waals surface area contributed by atoms with E-state index in [9.17, 15) is 14.4 Å². The summed E-state index contributed by atoms with van der Waals surface area (Å²) in [7, 11) is 0. The van der Waals surface area contributed by atoms with Crippen molar-refractivity contribution >= 4 is 17.5 Å². The molecule has 0 aromatic rings. The number of Topliss-reactive ketones (excluding diaryl/α,β-unsaturated/α-hetero) is 1. The fraction of sp³-hybridized carbons (Fsp3) is 0.125. The van der Waals surface area contributed by atoms with Crippen molar-refractivity contribution in [2.45, 2.75) is 6.92 Å². The highest BCUT2D eigenvalue weighted by atomic mass is 16.3. The molecule has 0 unspecified atom stereocenters. The normalized spacial score (nSPS) is 16.4. The number of ketones is 2. The van der Waals surface area contributed by atoms with Crippen molar-refractivity contribution in [3.8, 4) is 0 Å². The molecule has 0 heterocycles. The van der Waals surface area contributed by atoms with E-state index >= 15 is 0 Å². The van der Waals surface area contributed by atoms with Crippen LogP contribution < -0.4 is 5.32 Å². The largest absolute Gasteiger partial charge is 0.504 e. The number of aliphatic hydroxyl groups is 1. The Bertz CT molecular complexity index is 351. The van der Waals surface area contributed by atoms with Crippen molar-refractivity contribution in [2.24, 2.45) is 0 Å². The Morgan fingerprint density at radius 3 is 2.46 bits per heavy atom. The third-order valence-corrected chi connectivity index (χ3v) is 1.36. The zero-order valence-electron chi connectivity index (χ0n) is 6.83. The SMILES string of the molecule is CC(=O)NC1=CC(=O)C(=O)C(O)=C1. The molecule has 0 spiro atoms. The molecule has 0 aromatic heterocycles. The molecule has 2 N–H and O–H groups in total. The van der Waals surface area contributed by atoms with Crippen LogP contribution in [0.2, 0.25) is 0 Å². The van der Waals surface area contributed by atoms with Crippen molar-refractivity contribution in [2.75, 3.05) is 0 Å². The van der Waals surface area contributed by atoms with Crippen LogP contribution in [0.3, 0.4) is 0 Å². The molecular weight excluding hydrogens is 174 g/mol. The van der Waals surface area contributed by atoms with Crippen molar-refractivity contribution in [1.82, 2.24) is 5.32 Å². The number of aliphatic hydroxyl groups excluding tert-OH is 1. The summed E-state index contributed by atoms with van der Waals surface area (Å²) in [5.41, 5.74) is 0.120. The molecular formula is C8H7NO4. The molecule has 0 saturated heterocycles. The van der Waals surface area contributed by atoms with E-state index in [1.165, 1.54) is 6.92 Å². The van der Waals surface area contributed by atoms with Crippen LogP contribution in [0.5, 0.6) is 0 Å². The standard InChI is InChI=1S/C8H7NO4/c1-4(10)9-5-2-6(11)8(13)7(12)3-5/h2-3,11H,1H3,(H,9,10). The first-order chi connectivity index (χ1) is 6.00. The number of amides is 1. The summed E-state index contributed by atoms with van der Waals surface area (Å²) in [5.74, 6) is -2.84. The lowest BCUT2D eigenvalue weighted by Crippen LogP contribution is -2.25. The molecule has 5 heteroatoms. The van der Waals surface area contributed by atoms with Crippen LogP contribution in [0, 0.1) is 0 Å². The lowest BCUT2D eigenvalue weighted by atomic mass is 10.1. The molecule has 13 heavy (non-hydrogen) atoms. The first-order valence-corrected chi connectivity index (χ1v) is 3.49. The van der Waals surface area contributed by atoms with E-state index in [1.807, 2.05) is 0 Å². The molecule has 0 radical (unpaired) electrons. The third-order valence-electron chi connectivity index (χ3n) is 1.36. The summed E-state index contributed by atoms with van der Waals surface area (Å²) < 4.78 is 0. The van der Waals surface area contributed by atoms with Gasteiger partial charge in [0.1, 0.15) is 0 Å². The second kappa shape index (κ2) is 3.22. The van der Waals surface area contributed by atoms with Crippen LogP contribution in [0.4, 0.5) is 0 Å². The van der Waals surface area contributed by atoms with Crippen molar-refractivity contribution in [3.05, 3.63) is 23.6 Å². The Balaban J connectivity index is 2.91. The molecule has 0 aliphatic heterocycles. The zero-order valence-corrected chi connectivity index (χ0v) is 6.83. The zero-order chi connectivity index (χ0) is 10.0. The Labute approximate surface area is 73.7 Å². The molecule has 1 amide bonds. The summed E-state index contributed by atoms with van der Waals surface area (Å²) in [4.78, 5) is 32.1. The Morgan fingerprint density at radius 1 is 1.38 bits per heavy atom. The number of carbonyl (C=O) groups is 3. The third kappa shape index (κ3) is 2.02. The van der Waals surface area contributed by atoms with Crippen LogP contribution >= 0.6 is 0 Å². The van der Waals surface area contributed by atoms with Gasteiger partial charge in [0.15, 0.2) is 5.76 Å². The molecule has 5 nitrogen and oxygen atoms in total. The van der Waals surface area contributed by atoms with Gasteiger partial charge in [-0.15, -0.1) is 0 Å². The van der Waals surface area contributed by atoms with Gasteiger partial charge in [-0.2, -0.15) is 0 Å². The molecule has 0 atom stereocenters. The van der Waals surface area contributed by atoms with Gasteiger partial charge in [-0.25, -0.2) is 0 Å². The minimum absolute atomic E-state index is 0.120. The Kier molecular flexibility index (Phi) is 2.27. The average Bonchev–Trinajstić information content (AvgIpc) is 1.98. The summed E-state index contributed by atoms with van der Waals surface area (Å²) in [6, 6.07) is 0. The van der Waals surface area contributed by atoms with Crippen molar-refractivity contribution in [3.63, 3.8) is 0 Å². The van der Waals surface area contributed by atoms with E-state index in [0.29, 0.717) is 0 Å². The number of carbonyl (C=O) groups excluding carboxylic acids is 3. The van der Waals surface area contributed by atoms with E-state index in [4.69, 9.17) is 5.11 Å². The van der Waals surface area contributed by atoms with Gasteiger partial charge in [-0.3, -0.25) is 14.4 Å². The molecule has 68 valence electrons. The summed E-state index contributed by atoms with van der Waals surface area (Å²) in [6.07, 6.45) is 1.99. The highest BCUT2D eigenvalue weighted by molar-refractivity contribution is 6.47. The fourth-order valence-corrected chi connectivity index (χ4v) is 0.863. The van der Waals surface area contributed by atoms with Crippen LogP contribution in [-0.4, -0.2) is 22.6 Å². The second-order valence-corrected chi connectivity index (χ2v) is 2.50.